The number of hydrogen-bond donors (Lipinski definition) is 1. The highest BCUT2D eigenvalue weighted by Crippen LogP contribution is 2.34. The zero-order valence-electron chi connectivity index (χ0n) is 21.7. The lowest BCUT2D eigenvalue weighted by molar-refractivity contribution is 0.255. The lowest BCUT2D eigenvalue weighted by atomic mass is 9.89. The molecule has 194 valence electrons. The second-order valence-electron chi connectivity index (χ2n) is 10.4. The van der Waals surface area contributed by atoms with Crippen LogP contribution in [0.2, 0.25) is 0 Å². The van der Waals surface area contributed by atoms with Gasteiger partial charge in [0.2, 0.25) is 0 Å². The number of benzene rings is 3. The van der Waals surface area contributed by atoms with Gasteiger partial charge in [-0.1, -0.05) is 66.7 Å². The number of rotatable bonds is 5. The maximum Gasteiger partial charge on any atom is 0.272 e. The minimum atomic E-state index is -0.414. The molecule has 1 atom stereocenters. The third-order valence-electron chi connectivity index (χ3n) is 7.91. The van der Waals surface area contributed by atoms with Gasteiger partial charge < -0.3 is 9.88 Å². The first-order valence-electron chi connectivity index (χ1n) is 13.4. The van der Waals surface area contributed by atoms with Crippen molar-refractivity contribution in [2.45, 2.75) is 24.8 Å². The highest BCUT2D eigenvalue weighted by Gasteiger charge is 2.24. The summed E-state index contributed by atoms with van der Waals surface area (Å²) < 4.78 is 2.36. The first kappa shape index (κ1) is 24.0. The van der Waals surface area contributed by atoms with Gasteiger partial charge in [-0.3, -0.25) is 9.36 Å². The van der Waals surface area contributed by atoms with Gasteiger partial charge in [-0.15, -0.1) is 11.3 Å². The highest BCUT2D eigenvalue weighted by molar-refractivity contribution is 7.22. The Bertz CT molecular complexity index is 1780. The molecule has 7 heteroatoms. The van der Waals surface area contributed by atoms with Crippen LogP contribution in [0.3, 0.4) is 0 Å². The molecule has 0 saturated carbocycles. The molecule has 6 aromatic rings. The van der Waals surface area contributed by atoms with Crippen molar-refractivity contribution in [3.05, 3.63) is 119 Å². The smallest absolute Gasteiger partial charge is 0.272 e. The number of likely N-dealkylation sites (tertiary alicyclic amines) is 1. The van der Waals surface area contributed by atoms with Crippen molar-refractivity contribution in [2.75, 3.05) is 20.1 Å². The number of aromatic nitrogens is 4. The van der Waals surface area contributed by atoms with Crippen molar-refractivity contribution in [3.8, 4) is 10.4 Å². The summed E-state index contributed by atoms with van der Waals surface area (Å²) >= 11 is 1.51. The van der Waals surface area contributed by atoms with Gasteiger partial charge in [-0.2, -0.15) is 0 Å². The van der Waals surface area contributed by atoms with Crippen LogP contribution in [-0.4, -0.2) is 44.6 Å². The molecule has 0 radical (unpaired) electrons. The molecule has 0 aliphatic carbocycles. The third-order valence-corrected chi connectivity index (χ3v) is 9.07. The van der Waals surface area contributed by atoms with Crippen molar-refractivity contribution >= 4 is 32.6 Å². The zero-order chi connectivity index (χ0) is 26.3. The van der Waals surface area contributed by atoms with Gasteiger partial charge in [0.25, 0.3) is 5.56 Å². The number of imidazole rings is 1. The molecule has 4 heterocycles. The Balaban J connectivity index is 1.27. The first-order valence-corrected chi connectivity index (χ1v) is 14.2. The second kappa shape index (κ2) is 9.91. The number of hydrogen-bond acceptors (Lipinski definition) is 5. The summed E-state index contributed by atoms with van der Waals surface area (Å²) in [4.78, 5) is 30.4. The number of thiophene rings is 1. The van der Waals surface area contributed by atoms with E-state index in [9.17, 15) is 4.79 Å². The van der Waals surface area contributed by atoms with Crippen LogP contribution in [0.5, 0.6) is 0 Å². The fourth-order valence-electron chi connectivity index (χ4n) is 5.70. The normalized spacial score (nSPS) is 15.7. The summed E-state index contributed by atoms with van der Waals surface area (Å²) in [5.41, 5.74) is 5.99. The number of nitrogens with one attached hydrogen (secondary N) is 1. The van der Waals surface area contributed by atoms with Gasteiger partial charge in [0, 0.05) is 4.88 Å². The predicted octanol–water partition coefficient (Wildman–Crippen LogP) is 6.45. The maximum absolute atomic E-state index is 14.0. The Hall–Kier alpha value is -4.07. The maximum atomic E-state index is 14.0. The van der Waals surface area contributed by atoms with Crippen molar-refractivity contribution in [1.29, 1.82) is 0 Å². The van der Waals surface area contributed by atoms with E-state index in [0.717, 1.165) is 45.6 Å². The Morgan fingerprint density at radius 3 is 2.44 bits per heavy atom. The average molecular weight is 532 g/mol. The molecular formula is C32H29N5OS. The Morgan fingerprint density at radius 2 is 1.67 bits per heavy atom. The molecule has 1 saturated heterocycles. The average Bonchev–Trinajstić information content (AvgIpc) is 3.61. The molecule has 0 spiro atoms. The number of H-pyrrole nitrogens is 1. The van der Waals surface area contributed by atoms with E-state index < -0.39 is 6.04 Å². The zero-order valence-corrected chi connectivity index (χ0v) is 22.6. The fourth-order valence-corrected chi connectivity index (χ4v) is 6.75. The van der Waals surface area contributed by atoms with E-state index >= 15 is 0 Å². The monoisotopic (exact) mass is 531 g/mol. The summed E-state index contributed by atoms with van der Waals surface area (Å²) in [5.74, 6) is 1.34. The van der Waals surface area contributed by atoms with E-state index in [1.165, 1.54) is 29.7 Å². The minimum Gasteiger partial charge on any atom is -0.340 e. The molecule has 0 bridgehead atoms. The Morgan fingerprint density at radius 1 is 0.923 bits per heavy atom. The standard InChI is InChI=1S/C32H29N5OS/c1-36-17-15-22(16-18-36)21-11-13-23(14-12-21)28-19-27-30(39-28)32(38)37(20-33-27)29(24-7-3-2-4-8-24)31-34-25-9-5-6-10-26(25)35-31/h2-14,19-20,22,29H,15-18H2,1H3,(H,34,35). The van der Waals surface area contributed by atoms with Crippen LogP contribution in [0.15, 0.2) is 96.1 Å². The highest BCUT2D eigenvalue weighted by atomic mass is 32.1. The first-order chi connectivity index (χ1) is 19.1. The number of piperidine rings is 1. The summed E-state index contributed by atoms with van der Waals surface area (Å²) in [7, 11) is 2.20. The number of para-hydroxylation sites is 2. The van der Waals surface area contributed by atoms with Gasteiger partial charge in [-0.25, -0.2) is 9.97 Å². The molecule has 0 amide bonds. The molecule has 1 fully saturated rings. The fraction of sp³-hybridized carbons (Fsp3) is 0.219. The van der Waals surface area contributed by atoms with Crippen molar-refractivity contribution in [2.24, 2.45) is 0 Å². The van der Waals surface area contributed by atoms with E-state index in [2.05, 4.69) is 41.2 Å². The number of fused-ring (bicyclic) bond motifs is 2. The van der Waals surface area contributed by atoms with Crippen LogP contribution < -0.4 is 5.56 Å². The Labute approximate surface area is 230 Å². The molecular weight excluding hydrogens is 502 g/mol. The van der Waals surface area contributed by atoms with E-state index in [-0.39, 0.29) is 5.56 Å². The van der Waals surface area contributed by atoms with Crippen LogP contribution in [0.25, 0.3) is 31.7 Å². The molecule has 7 rings (SSSR count). The van der Waals surface area contributed by atoms with Crippen LogP contribution in [-0.2, 0) is 0 Å². The summed E-state index contributed by atoms with van der Waals surface area (Å²) in [6.07, 6.45) is 4.07. The topological polar surface area (TPSA) is 66.8 Å². The van der Waals surface area contributed by atoms with E-state index in [1.807, 2.05) is 60.7 Å². The van der Waals surface area contributed by atoms with E-state index in [4.69, 9.17) is 9.97 Å². The number of nitrogens with zero attached hydrogens (tertiary/aromatic N) is 4. The predicted molar refractivity (Wildman–Crippen MR) is 159 cm³/mol. The van der Waals surface area contributed by atoms with Crippen molar-refractivity contribution < 1.29 is 0 Å². The molecule has 1 aliphatic rings. The lowest BCUT2D eigenvalue weighted by Crippen LogP contribution is -2.29. The summed E-state index contributed by atoms with van der Waals surface area (Å²) in [6.45, 7) is 2.30. The molecule has 6 nitrogen and oxygen atoms in total. The minimum absolute atomic E-state index is 0.0616. The van der Waals surface area contributed by atoms with Crippen LogP contribution in [0.4, 0.5) is 0 Å². The van der Waals surface area contributed by atoms with Crippen LogP contribution >= 0.6 is 11.3 Å². The van der Waals surface area contributed by atoms with Gasteiger partial charge in [0.05, 0.1) is 22.9 Å². The molecule has 39 heavy (non-hydrogen) atoms. The summed E-state index contributed by atoms with van der Waals surface area (Å²) in [5, 5.41) is 0. The van der Waals surface area contributed by atoms with E-state index in [0.29, 0.717) is 16.4 Å². The van der Waals surface area contributed by atoms with Gasteiger partial charge in [-0.05, 0) is 73.8 Å². The van der Waals surface area contributed by atoms with Crippen LogP contribution in [0, 0.1) is 0 Å². The van der Waals surface area contributed by atoms with Gasteiger partial charge in [0.15, 0.2) is 0 Å². The number of aromatic amines is 1. The Kier molecular flexibility index (Phi) is 6.10. The third kappa shape index (κ3) is 4.47. The molecule has 1 aliphatic heterocycles. The van der Waals surface area contributed by atoms with Crippen LogP contribution in [0.1, 0.15) is 41.8 Å². The van der Waals surface area contributed by atoms with Gasteiger partial charge >= 0.3 is 0 Å². The van der Waals surface area contributed by atoms with Crippen molar-refractivity contribution in [1.82, 2.24) is 24.4 Å². The van der Waals surface area contributed by atoms with E-state index in [1.54, 1.807) is 10.9 Å². The summed E-state index contributed by atoms with van der Waals surface area (Å²) in [6, 6.07) is 28.5. The molecule has 1 unspecified atom stereocenters. The largest absolute Gasteiger partial charge is 0.340 e. The van der Waals surface area contributed by atoms with Gasteiger partial charge in [0.1, 0.15) is 16.6 Å². The molecule has 3 aromatic carbocycles. The molecule has 3 aromatic heterocycles. The second-order valence-corrected chi connectivity index (χ2v) is 11.5. The quantitative estimate of drug-likeness (QED) is 0.278. The SMILES string of the molecule is CN1CCC(c2ccc(-c3cc4ncn(C(c5ccccc5)c5nc6ccccc6[nH]5)c(=O)c4s3)cc2)CC1. The molecule has 1 N–H and O–H groups in total. The lowest BCUT2D eigenvalue weighted by Gasteiger charge is -2.29. The van der Waals surface area contributed by atoms with Crippen molar-refractivity contribution in [3.63, 3.8) is 0 Å².